The maximum atomic E-state index is 11.5. The fraction of sp³-hybridized carbons (Fsp3) is 0.273. The number of aromatic amines is 1. The van der Waals surface area contributed by atoms with Gasteiger partial charge in [0, 0.05) is 12.1 Å². The molecule has 1 amide bonds. The van der Waals surface area contributed by atoms with Crippen LogP contribution in [0, 0.1) is 0 Å². The van der Waals surface area contributed by atoms with E-state index in [1.54, 1.807) is 6.33 Å². The number of hydrogen-bond donors (Lipinski definition) is 3. The van der Waals surface area contributed by atoms with E-state index in [4.69, 9.17) is 5.73 Å². The molecular weight excluding hydrogens is 204 g/mol. The van der Waals surface area contributed by atoms with Crippen LogP contribution in [0.15, 0.2) is 24.5 Å². The summed E-state index contributed by atoms with van der Waals surface area (Å²) in [5.74, 6) is -0.00989. The Morgan fingerprint density at radius 1 is 1.50 bits per heavy atom. The number of rotatable bonds is 4. The number of carbonyl (C=O) groups excluding carboxylic acids is 1. The van der Waals surface area contributed by atoms with Gasteiger partial charge < -0.3 is 16.0 Å². The lowest BCUT2D eigenvalue weighted by Crippen LogP contribution is -2.13. The lowest BCUT2D eigenvalue weighted by Gasteiger charge is -2.04. The first kappa shape index (κ1) is 10.6. The summed E-state index contributed by atoms with van der Waals surface area (Å²) in [7, 11) is 0. The number of carbonyl (C=O) groups is 1. The molecule has 0 aliphatic carbocycles. The Balaban J connectivity index is 2.06. The molecule has 2 rings (SSSR count). The highest BCUT2D eigenvalue weighted by Gasteiger charge is 2.03. The number of nitrogens with zero attached hydrogens (tertiary/aromatic N) is 1. The van der Waals surface area contributed by atoms with Gasteiger partial charge in [-0.25, -0.2) is 4.98 Å². The van der Waals surface area contributed by atoms with E-state index in [-0.39, 0.29) is 5.91 Å². The standard InChI is InChI=1S/C11H14N4O/c12-5-1-2-11(16)15-8-3-4-9-10(6-8)14-7-13-9/h3-4,6-7H,1-2,5,12H2,(H,13,14)(H,15,16). The number of amides is 1. The number of nitrogens with two attached hydrogens (primary N) is 1. The summed E-state index contributed by atoms with van der Waals surface area (Å²) in [6, 6.07) is 5.57. The molecule has 16 heavy (non-hydrogen) atoms. The van der Waals surface area contributed by atoms with Crippen LogP contribution >= 0.6 is 0 Å². The molecule has 0 aliphatic rings. The van der Waals surface area contributed by atoms with Gasteiger partial charge in [0.2, 0.25) is 5.91 Å². The van der Waals surface area contributed by atoms with E-state index < -0.39 is 0 Å². The second-order valence-corrected chi connectivity index (χ2v) is 3.57. The highest BCUT2D eigenvalue weighted by atomic mass is 16.1. The van der Waals surface area contributed by atoms with Gasteiger partial charge in [-0.1, -0.05) is 0 Å². The summed E-state index contributed by atoms with van der Waals surface area (Å²) in [5.41, 5.74) is 7.92. The topological polar surface area (TPSA) is 83.8 Å². The molecule has 4 N–H and O–H groups in total. The largest absolute Gasteiger partial charge is 0.345 e. The molecule has 0 radical (unpaired) electrons. The summed E-state index contributed by atoms with van der Waals surface area (Å²) in [5, 5.41) is 2.82. The zero-order valence-electron chi connectivity index (χ0n) is 8.86. The Morgan fingerprint density at radius 3 is 3.19 bits per heavy atom. The van der Waals surface area contributed by atoms with Gasteiger partial charge in [0.05, 0.1) is 17.4 Å². The SMILES string of the molecule is NCCCC(=O)Nc1ccc2nc[nH]c2c1. The second kappa shape index (κ2) is 4.76. The van der Waals surface area contributed by atoms with Gasteiger partial charge in [0.25, 0.3) is 0 Å². The Morgan fingerprint density at radius 2 is 2.38 bits per heavy atom. The van der Waals surface area contributed by atoms with Crippen molar-refractivity contribution in [3.63, 3.8) is 0 Å². The minimum Gasteiger partial charge on any atom is -0.345 e. The van der Waals surface area contributed by atoms with E-state index in [2.05, 4.69) is 15.3 Å². The summed E-state index contributed by atoms with van der Waals surface area (Å²) >= 11 is 0. The predicted octanol–water partition coefficient (Wildman–Crippen LogP) is 1.24. The van der Waals surface area contributed by atoms with Crippen LogP contribution < -0.4 is 11.1 Å². The van der Waals surface area contributed by atoms with Crippen molar-refractivity contribution >= 4 is 22.6 Å². The van der Waals surface area contributed by atoms with Crippen molar-refractivity contribution in [2.45, 2.75) is 12.8 Å². The molecule has 5 heteroatoms. The highest BCUT2D eigenvalue weighted by Crippen LogP contribution is 2.15. The molecule has 0 atom stereocenters. The third kappa shape index (κ3) is 2.38. The summed E-state index contributed by atoms with van der Waals surface area (Å²) in [6.45, 7) is 0.535. The van der Waals surface area contributed by atoms with Crippen molar-refractivity contribution in [3.8, 4) is 0 Å². The van der Waals surface area contributed by atoms with Crippen LogP contribution in [0.3, 0.4) is 0 Å². The van der Waals surface area contributed by atoms with Crippen LogP contribution in [0.4, 0.5) is 5.69 Å². The normalized spacial score (nSPS) is 10.6. The molecule has 0 aliphatic heterocycles. The second-order valence-electron chi connectivity index (χ2n) is 3.57. The van der Waals surface area contributed by atoms with Crippen LogP contribution in [0.1, 0.15) is 12.8 Å². The van der Waals surface area contributed by atoms with Gasteiger partial charge in [-0.2, -0.15) is 0 Å². The van der Waals surface area contributed by atoms with Crippen LogP contribution in [-0.2, 0) is 4.79 Å². The molecule has 1 aromatic heterocycles. The lowest BCUT2D eigenvalue weighted by molar-refractivity contribution is -0.116. The predicted molar refractivity (Wildman–Crippen MR) is 63.0 cm³/mol. The first-order valence-electron chi connectivity index (χ1n) is 5.22. The lowest BCUT2D eigenvalue weighted by atomic mass is 10.2. The van der Waals surface area contributed by atoms with E-state index in [1.807, 2.05) is 18.2 Å². The highest BCUT2D eigenvalue weighted by molar-refractivity contribution is 5.92. The van der Waals surface area contributed by atoms with Gasteiger partial charge >= 0.3 is 0 Å². The first-order chi connectivity index (χ1) is 7.79. The van der Waals surface area contributed by atoms with Gasteiger partial charge in [0.15, 0.2) is 0 Å². The molecular formula is C11H14N4O. The molecule has 5 nitrogen and oxygen atoms in total. The monoisotopic (exact) mass is 218 g/mol. The van der Waals surface area contributed by atoms with Crippen molar-refractivity contribution < 1.29 is 4.79 Å². The first-order valence-corrected chi connectivity index (χ1v) is 5.22. The summed E-state index contributed by atoms with van der Waals surface area (Å²) in [6.07, 6.45) is 2.79. The zero-order chi connectivity index (χ0) is 11.4. The van der Waals surface area contributed by atoms with Crippen molar-refractivity contribution in [2.24, 2.45) is 5.73 Å². The Labute approximate surface area is 93.1 Å². The number of imidazole rings is 1. The quantitative estimate of drug-likeness (QED) is 0.721. The Kier molecular flexibility index (Phi) is 3.16. The average molecular weight is 218 g/mol. The van der Waals surface area contributed by atoms with Crippen LogP contribution in [-0.4, -0.2) is 22.4 Å². The fourth-order valence-electron chi connectivity index (χ4n) is 1.50. The van der Waals surface area contributed by atoms with E-state index in [0.29, 0.717) is 19.4 Å². The van der Waals surface area contributed by atoms with E-state index >= 15 is 0 Å². The number of anilines is 1. The zero-order valence-corrected chi connectivity index (χ0v) is 8.86. The van der Waals surface area contributed by atoms with Gasteiger partial charge in [-0.3, -0.25) is 4.79 Å². The number of fused-ring (bicyclic) bond motifs is 1. The molecule has 2 aromatic rings. The molecule has 0 saturated carbocycles. The van der Waals surface area contributed by atoms with Crippen molar-refractivity contribution in [2.75, 3.05) is 11.9 Å². The van der Waals surface area contributed by atoms with Gasteiger partial charge in [-0.15, -0.1) is 0 Å². The number of benzene rings is 1. The van der Waals surface area contributed by atoms with Crippen LogP contribution in [0.25, 0.3) is 11.0 Å². The molecule has 84 valence electrons. The molecule has 1 aromatic carbocycles. The van der Waals surface area contributed by atoms with E-state index in [9.17, 15) is 4.79 Å². The van der Waals surface area contributed by atoms with Crippen molar-refractivity contribution in [3.05, 3.63) is 24.5 Å². The minimum atomic E-state index is -0.00989. The van der Waals surface area contributed by atoms with Crippen molar-refractivity contribution in [1.29, 1.82) is 0 Å². The fourth-order valence-corrected chi connectivity index (χ4v) is 1.50. The van der Waals surface area contributed by atoms with Crippen LogP contribution in [0.5, 0.6) is 0 Å². The van der Waals surface area contributed by atoms with E-state index in [0.717, 1.165) is 16.7 Å². The van der Waals surface area contributed by atoms with Crippen molar-refractivity contribution in [1.82, 2.24) is 9.97 Å². The van der Waals surface area contributed by atoms with E-state index in [1.165, 1.54) is 0 Å². The maximum absolute atomic E-state index is 11.5. The number of H-pyrrole nitrogens is 1. The average Bonchev–Trinajstić information content (AvgIpc) is 2.73. The molecule has 1 heterocycles. The van der Waals surface area contributed by atoms with Gasteiger partial charge in [0.1, 0.15) is 0 Å². The maximum Gasteiger partial charge on any atom is 0.224 e. The molecule has 0 spiro atoms. The van der Waals surface area contributed by atoms with Gasteiger partial charge in [-0.05, 0) is 31.2 Å². The summed E-state index contributed by atoms with van der Waals surface area (Å²) < 4.78 is 0. The minimum absolute atomic E-state index is 0.00989. The number of hydrogen-bond acceptors (Lipinski definition) is 3. The molecule has 0 fully saturated rings. The molecule has 0 unspecified atom stereocenters. The Hall–Kier alpha value is -1.88. The third-order valence-corrected chi connectivity index (χ3v) is 2.31. The number of aromatic nitrogens is 2. The number of nitrogens with one attached hydrogen (secondary N) is 2. The van der Waals surface area contributed by atoms with Crippen LogP contribution in [0.2, 0.25) is 0 Å². The molecule has 0 saturated heterocycles. The molecule has 0 bridgehead atoms. The Bertz CT molecular complexity index is 491. The summed E-state index contributed by atoms with van der Waals surface area (Å²) in [4.78, 5) is 18.6. The third-order valence-electron chi connectivity index (χ3n) is 2.31. The smallest absolute Gasteiger partial charge is 0.224 e.